The Hall–Kier alpha value is -2.21. The second kappa shape index (κ2) is 5.21. The fourth-order valence-corrected chi connectivity index (χ4v) is 3.15. The van der Waals surface area contributed by atoms with Crippen molar-refractivity contribution in [2.45, 2.75) is 6.04 Å². The summed E-state index contributed by atoms with van der Waals surface area (Å²) in [7, 11) is 1.99. The number of fused-ring (bicyclic) bond motifs is 3. The van der Waals surface area contributed by atoms with Crippen molar-refractivity contribution in [3.05, 3.63) is 30.6 Å². The van der Waals surface area contributed by atoms with Crippen LogP contribution in [-0.2, 0) is 11.8 Å². The molecule has 0 spiro atoms. The van der Waals surface area contributed by atoms with Gasteiger partial charge in [-0.25, -0.2) is 9.37 Å². The molecule has 4 rings (SSSR count). The van der Waals surface area contributed by atoms with Gasteiger partial charge in [0.15, 0.2) is 0 Å². The Morgan fingerprint density at radius 3 is 3.09 bits per heavy atom. The molecule has 0 aliphatic carbocycles. The number of alkyl halides is 1. The summed E-state index contributed by atoms with van der Waals surface area (Å²) in [6.07, 6.45) is 3.64. The number of rotatable bonds is 2. The Kier molecular flexibility index (Phi) is 3.18. The number of morpholine rings is 1. The van der Waals surface area contributed by atoms with Crippen LogP contribution < -0.4 is 4.90 Å². The topological polar surface area (TPSA) is 43.2 Å². The van der Waals surface area contributed by atoms with Gasteiger partial charge in [0, 0.05) is 36.8 Å². The number of pyridine rings is 2. The predicted molar refractivity (Wildman–Crippen MR) is 83.9 cm³/mol. The minimum Gasteiger partial charge on any atom is -0.377 e. The lowest BCUT2D eigenvalue weighted by Gasteiger charge is -2.34. The summed E-state index contributed by atoms with van der Waals surface area (Å²) in [4.78, 5) is 11.0. The van der Waals surface area contributed by atoms with Gasteiger partial charge in [0.05, 0.1) is 24.8 Å². The number of hydrogen-bond acceptors (Lipinski definition) is 4. The average Bonchev–Trinajstić information content (AvgIpc) is 2.88. The van der Waals surface area contributed by atoms with Gasteiger partial charge < -0.3 is 14.2 Å². The van der Waals surface area contributed by atoms with Gasteiger partial charge in [0.2, 0.25) is 0 Å². The zero-order valence-corrected chi connectivity index (χ0v) is 12.4. The third-order valence-corrected chi connectivity index (χ3v) is 4.33. The molecule has 0 bridgehead atoms. The molecular formula is C16H17FN4O. The van der Waals surface area contributed by atoms with Crippen LogP contribution >= 0.6 is 0 Å². The molecule has 0 aromatic carbocycles. The molecule has 114 valence electrons. The summed E-state index contributed by atoms with van der Waals surface area (Å²) < 4.78 is 20.6. The van der Waals surface area contributed by atoms with E-state index in [1.165, 1.54) is 0 Å². The Balaban J connectivity index is 1.86. The Labute approximate surface area is 127 Å². The third kappa shape index (κ3) is 1.94. The molecule has 1 atom stereocenters. The van der Waals surface area contributed by atoms with Crippen molar-refractivity contribution < 1.29 is 9.13 Å². The van der Waals surface area contributed by atoms with Gasteiger partial charge in [-0.1, -0.05) is 0 Å². The molecule has 5 nitrogen and oxygen atoms in total. The van der Waals surface area contributed by atoms with E-state index in [0.29, 0.717) is 19.8 Å². The Morgan fingerprint density at radius 2 is 2.23 bits per heavy atom. The van der Waals surface area contributed by atoms with Crippen LogP contribution in [-0.4, -0.2) is 47.0 Å². The van der Waals surface area contributed by atoms with Gasteiger partial charge in [0.1, 0.15) is 18.1 Å². The molecule has 22 heavy (non-hydrogen) atoms. The van der Waals surface area contributed by atoms with Crippen LogP contribution in [0.15, 0.2) is 30.6 Å². The maximum absolute atomic E-state index is 13.2. The number of halogens is 1. The normalized spacial score (nSPS) is 19.2. The minimum atomic E-state index is -0.432. The molecule has 3 aromatic heterocycles. The first kappa shape index (κ1) is 13.5. The molecule has 0 N–H and O–H groups in total. The number of hydrogen-bond donors (Lipinski definition) is 0. The van der Waals surface area contributed by atoms with Crippen molar-refractivity contribution in [3.63, 3.8) is 0 Å². The van der Waals surface area contributed by atoms with E-state index in [2.05, 4.69) is 9.55 Å². The van der Waals surface area contributed by atoms with Crippen LogP contribution in [0.1, 0.15) is 0 Å². The molecule has 1 aliphatic heterocycles. The Bertz CT molecular complexity index is 831. The van der Waals surface area contributed by atoms with Crippen molar-refractivity contribution in [3.8, 4) is 0 Å². The lowest BCUT2D eigenvalue weighted by molar-refractivity contribution is 0.0856. The van der Waals surface area contributed by atoms with Gasteiger partial charge in [-0.05, 0) is 18.2 Å². The van der Waals surface area contributed by atoms with E-state index in [1.807, 2.05) is 36.3 Å². The fraction of sp³-hybridized carbons (Fsp3) is 0.375. The molecule has 3 aromatic rings. The van der Waals surface area contributed by atoms with E-state index < -0.39 is 6.67 Å². The van der Waals surface area contributed by atoms with E-state index >= 15 is 0 Å². The van der Waals surface area contributed by atoms with Crippen molar-refractivity contribution in [1.29, 1.82) is 0 Å². The number of aromatic nitrogens is 3. The van der Waals surface area contributed by atoms with Crippen LogP contribution in [0.25, 0.3) is 21.9 Å². The molecule has 0 saturated carbocycles. The molecule has 1 fully saturated rings. The highest BCUT2D eigenvalue weighted by molar-refractivity contribution is 6.06. The van der Waals surface area contributed by atoms with E-state index in [9.17, 15) is 4.39 Å². The summed E-state index contributed by atoms with van der Waals surface area (Å²) in [5, 5.41) is 2.16. The van der Waals surface area contributed by atoms with Crippen LogP contribution in [0.5, 0.6) is 0 Å². The van der Waals surface area contributed by atoms with E-state index in [0.717, 1.165) is 27.8 Å². The summed E-state index contributed by atoms with van der Waals surface area (Å²) >= 11 is 0. The van der Waals surface area contributed by atoms with Crippen molar-refractivity contribution >= 4 is 27.8 Å². The quantitative estimate of drug-likeness (QED) is 0.728. The zero-order valence-electron chi connectivity index (χ0n) is 12.4. The highest BCUT2D eigenvalue weighted by atomic mass is 18.2. The summed E-state index contributed by atoms with van der Waals surface area (Å²) in [5.41, 5.74) is 1.99. The van der Waals surface area contributed by atoms with E-state index in [-0.39, 0.29) is 6.04 Å². The summed E-state index contributed by atoms with van der Waals surface area (Å²) in [6, 6.07) is 5.74. The maximum Gasteiger partial charge on any atom is 0.143 e. The second-order valence-corrected chi connectivity index (χ2v) is 5.57. The molecule has 0 amide bonds. The Morgan fingerprint density at radius 1 is 1.32 bits per heavy atom. The number of ether oxygens (including phenoxy) is 1. The van der Waals surface area contributed by atoms with Gasteiger partial charge >= 0.3 is 0 Å². The highest BCUT2D eigenvalue weighted by Crippen LogP contribution is 2.29. The van der Waals surface area contributed by atoms with Gasteiger partial charge in [-0.2, -0.15) is 0 Å². The van der Waals surface area contributed by atoms with Gasteiger partial charge in [-0.3, -0.25) is 4.98 Å². The molecule has 4 heterocycles. The zero-order chi connectivity index (χ0) is 15.1. The lowest BCUT2D eigenvalue weighted by atomic mass is 10.2. The largest absolute Gasteiger partial charge is 0.377 e. The average molecular weight is 299 g/mol. The fourth-order valence-electron chi connectivity index (χ4n) is 3.15. The van der Waals surface area contributed by atoms with Crippen molar-refractivity contribution in [2.24, 2.45) is 7.05 Å². The van der Waals surface area contributed by atoms with Gasteiger partial charge in [0.25, 0.3) is 0 Å². The number of aryl methyl sites for hydroxylation is 1. The van der Waals surface area contributed by atoms with Crippen LogP contribution in [0.4, 0.5) is 10.2 Å². The third-order valence-electron chi connectivity index (χ3n) is 4.33. The number of anilines is 1. The van der Waals surface area contributed by atoms with Crippen LogP contribution in [0.2, 0.25) is 0 Å². The molecule has 0 unspecified atom stereocenters. The van der Waals surface area contributed by atoms with Crippen molar-refractivity contribution in [1.82, 2.24) is 14.5 Å². The van der Waals surface area contributed by atoms with E-state index in [1.54, 1.807) is 6.20 Å². The van der Waals surface area contributed by atoms with E-state index in [4.69, 9.17) is 9.72 Å². The molecular weight excluding hydrogens is 282 g/mol. The first-order chi connectivity index (χ1) is 10.8. The second-order valence-electron chi connectivity index (χ2n) is 5.57. The monoisotopic (exact) mass is 299 g/mol. The maximum atomic E-state index is 13.2. The smallest absolute Gasteiger partial charge is 0.143 e. The lowest BCUT2D eigenvalue weighted by Crippen LogP contribution is -2.47. The predicted octanol–water partition coefficient (Wildman–Crippen LogP) is 2.30. The standard InChI is InChI=1S/C16H17FN4O/c1-20-14-4-5-18-9-13(14)12-2-3-15(19-16(12)20)21-6-7-22-10-11(21)8-17/h2-5,9,11H,6-8,10H2,1H3/t11-/m1/s1/i17-1. The SMILES string of the molecule is Cn1c2ccncc2c2ccc(N3CCOC[C@H]3C[18F])nc21. The minimum absolute atomic E-state index is 0.255. The summed E-state index contributed by atoms with van der Waals surface area (Å²) in [5.74, 6) is 0.803. The number of nitrogens with zero attached hydrogens (tertiary/aromatic N) is 4. The van der Waals surface area contributed by atoms with Gasteiger partial charge in [-0.15, -0.1) is 0 Å². The molecule has 0 radical (unpaired) electrons. The first-order valence-electron chi connectivity index (χ1n) is 7.39. The van der Waals surface area contributed by atoms with Crippen LogP contribution in [0, 0.1) is 0 Å². The van der Waals surface area contributed by atoms with Crippen LogP contribution in [0.3, 0.4) is 0 Å². The highest BCUT2D eigenvalue weighted by Gasteiger charge is 2.24. The molecule has 6 heteroatoms. The first-order valence-corrected chi connectivity index (χ1v) is 7.39. The van der Waals surface area contributed by atoms with Crippen molar-refractivity contribution in [2.75, 3.05) is 31.3 Å². The molecule has 1 aliphatic rings. The molecule has 1 saturated heterocycles. The summed E-state index contributed by atoms with van der Waals surface area (Å²) in [6.45, 7) is 1.25.